The summed E-state index contributed by atoms with van der Waals surface area (Å²) in [6, 6.07) is 6.08. The predicted molar refractivity (Wildman–Crippen MR) is 75.7 cm³/mol. The molecule has 1 fully saturated rings. The lowest BCUT2D eigenvalue weighted by Gasteiger charge is -2.19. The van der Waals surface area contributed by atoms with Crippen LogP contribution in [0.4, 0.5) is 10.1 Å². The number of ketones is 1. The van der Waals surface area contributed by atoms with E-state index >= 15 is 0 Å². The Balaban J connectivity index is 2.11. The van der Waals surface area contributed by atoms with E-state index in [1.807, 2.05) is 6.92 Å². The number of hydrogen-bond acceptors (Lipinski definition) is 2. The SMILES string of the molecule is C/C=C/C(C(=O)Nc1ccccc1F)C1CCC(=O)C1. The number of amides is 1. The molecule has 1 aliphatic carbocycles. The summed E-state index contributed by atoms with van der Waals surface area (Å²) in [6.45, 7) is 1.83. The molecule has 20 heavy (non-hydrogen) atoms. The molecule has 1 N–H and O–H groups in total. The van der Waals surface area contributed by atoms with Crippen LogP contribution in [0, 0.1) is 17.7 Å². The number of allylic oxidation sites excluding steroid dienone is 1. The van der Waals surface area contributed by atoms with Crippen LogP contribution in [0.1, 0.15) is 26.2 Å². The molecule has 106 valence electrons. The molecule has 3 nitrogen and oxygen atoms in total. The van der Waals surface area contributed by atoms with Crippen molar-refractivity contribution in [2.75, 3.05) is 5.32 Å². The Morgan fingerprint density at radius 2 is 2.20 bits per heavy atom. The molecule has 0 saturated heterocycles. The zero-order valence-corrected chi connectivity index (χ0v) is 11.4. The number of para-hydroxylation sites is 1. The van der Waals surface area contributed by atoms with Gasteiger partial charge in [0.15, 0.2) is 0 Å². The summed E-state index contributed by atoms with van der Waals surface area (Å²) < 4.78 is 13.6. The van der Waals surface area contributed by atoms with Crippen molar-refractivity contribution in [2.45, 2.75) is 26.2 Å². The lowest BCUT2D eigenvalue weighted by atomic mass is 9.89. The van der Waals surface area contributed by atoms with Crippen LogP contribution in [0.25, 0.3) is 0 Å². The Hall–Kier alpha value is -1.97. The number of anilines is 1. The minimum atomic E-state index is -0.456. The molecule has 1 amide bonds. The summed E-state index contributed by atoms with van der Waals surface area (Å²) in [5.41, 5.74) is 0.177. The van der Waals surface area contributed by atoms with Gasteiger partial charge in [-0.15, -0.1) is 0 Å². The lowest BCUT2D eigenvalue weighted by molar-refractivity contribution is -0.120. The molecule has 1 aromatic rings. The van der Waals surface area contributed by atoms with Gasteiger partial charge in [-0.2, -0.15) is 0 Å². The maximum atomic E-state index is 13.6. The highest BCUT2D eigenvalue weighted by atomic mass is 19.1. The molecule has 2 atom stereocenters. The highest BCUT2D eigenvalue weighted by Crippen LogP contribution is 2.31. The van der Waals surface area contributed by atoms with E-state index in [9.17, 15) is 14.0 Å². The summed E-state index contributed by atoms with van der Waals surface area (Å²) in [5.74, 6) is -0.879. The molecular weight excluding hydrogens is 257 g/mol. The maximum Gasteiger partial charge on any atom is 0.231 e. The molecule has 1 saturated carbocycles. The van der Waals surface area contributed by atoms with Crippen LogP contribution >= 0.6 is 0 Å². The van der Waals surface area contributed by atoms with Crippen LogP contribution in [0.2, 0.25) is 0 Å². The van der Waals surface area contributed by atoms with Gasteiger partial charge < -0.3 is 5.32 Å². The molecule has 0 bridgehead atoms. The Labute approximate surface area is 117 Å². The van der Waals surface area contributed by atoms with Gasteiger partial charge in [-0.1, -0.05) is 24.3 Å². The summed E-state index contributed by atoms with van der Waals surface area (Å²) in [6.07, 6.45) is 5.28. The van der Waals surface area contributed by atoms with E-state index < -0.39 is 5.82 Å². The first kappa shape index (κ1) is 14.4. The van der Waals surface area contributed by atoms with Crippen LogP contribution in [0.15, 0.2) is 36.4 Å². The fourth-order valence-electron chi connectivity index (χ4n) is 2.59. The molecule has 1 aromatic carbocycles. The van der Waals surface area contributed by atoms with Gasteiger partial charge in [0.25, 0.3) is 0 Å². The van der Waals surface area contributed by atoms with Gasteiger partial charge in [0, 0.05) is 12.8 Å². The minimum absolute atomic E-state index is 0.0190. The van der Waals surface area contributed by atoms with E-state index in [1.165, 1.54) is 12.1 Å². The quantitative estimate of drug-likeness (QED) is 0.857. The van der Waals surface area contributed by atoms with Crippen molar-refractivity contribution in [3.05, 3.63) is 42.2 Å². The fraction of sp³-hybridized carbons (Fsp3) is 0.375. The zero-order chi connectivity index (χ0) is 14.5. The third kappa shape index (κ3) is 3.32. The standard InChI is InChI=1S/C16H18FNO2/c1-2-5-13(11-8-9-12(19)10-11)16(20)18-15-7-4-3-6-14(15)17/h2-7,11,13H,8-10H2,1H3,(H,18,20)/b5-2+. The zero-order valence-electron chi connectivity index (χ0n) is 11.4. The molecule has 4 heteroatoms. The van der Waals surface area contributed by atoms with Crippen molar-refractivity contribution < 1.29 is 14.0 Å². The summed E-state index contributed by atoms with van der Waals surface area (Å²) in [5, 5.41) is 2.61. The number of benzene rings is 1. The molecule has 0 aliphatic heterocycles. The van der Waals surface area contributed by atoms with E-state index in [1.54, 1.807) is 24.3 Å². The minimum Gasteiger partial charge on any atom is -0.323 e. The van der Waals surface area contributed by atoms with E-state index in [-0.39, 0.29) is 29.2 Å². The van der Waals surface area contributed by atoms with Crippen LogP contribution in [-0.4, -0.2) is 11.7 Å². The number of carbonyl (C=O) groups excluding carboxylic acids is 2. The van der Waals surface area contributed by atoms with Gasteiger partial charge in [-0.25, -0.2) is 4.39 Å². The van der Waals surface area contributed by atoms with E-state index in [0.717, 1.165) is 6.42 Å². The number of Topliss-reactive ketones (excluding diaryl/α,β-unsaturated/α-hetero) is 1. The Morgan fingerprint density at radius 3 is 2.80 bits per heavy atom. The van der Waals surface area contributed by atoms with E-state index in [4.69, 9.17) is 0 Å². The highest BCUT2D eigenvalue weighted by Gasteiger charge is 2.32. The first-order valence-corrected chi connectivity index (χ1v) is 6.81. The summed E-state index contributed by atoms with van der Waals surface area (Å²) >= 11 is 0. The normalized spacial score (nSPS) is 20.3. The number of hydrogen-bond donors (Lipinski definition) is 1. The molecule has 2 unspecified atom stereocenters. The monoisotopic (exact) mass is 275 g/mol. The topological polar surface area (TPSA) is 46.2 Å². The Morgan fingerprint density at radius 1 is 1.45 bits per heavy atom. The molecule has 0 aromatic heterocycles. The fourth-order valence-corrected chi connectivity index (χ4v) is 2.59. The Kier molecular flexibility index (Phi) is 4.66. The molecule has 0 spiro atoms. The largest absolute Gasteiger partial charge is 0.323 e. The average Bonchev–Trinajstić information content (AvgIpc) is 2.85. The number of rotatable bonds is 4. The van der Waals surface area contributed by atoms with E-state index in [2.05, 4.69) is 5.32 Å². The number of halogens is 1. The molecule has 0 heterocycles. The molecular formula is C16H18FNO2. The lowest BCUT2D eigenvalue weighted by Crippen LogP contribution is -2.27. The molecule has 0 radical (unpaired) electrons. The van der Waals surface area contributed by atoms with Crippen molar-refractivity contribution in [3.63, 3.8) is 0 Å². The first-order valence-electron chi connectivity index (χ1n) is 6.81. The van der Waals surface area contributed by atoms with Crippen LogP contribution in [-0.2, 0) is 9.59 Å². The van der Waals surface area contributed by atoms with Crippen LogP contribution < -0.4 is 5.32 Å². The van der Waals surface area contributed by atoms with Crippen molar-refractivity contribution in [1.29, 1.82) is 0 Å². The number of nitrogens with one attached hydrogen (secondary N) is 1. The van der Waals surface area contributed by atoms with E-state index in [0.29, 0.717) is 12.8 Å². The summed E-state index contributed by atoms with van der Waals surface area (Å²) in [7, 11) is 0. The van der Waals surface area contributed by atoms with Gasteiger partial charge in [0.05, 0.1) is 11.6 Å². The number of carbonyl (C=O) groups is 2. The predicted octanol–water partition coefficient (Wildman–Crippen LogP) is 3.33. The summed E-state index contributed by atoms with van der Waals surface area (Å²) in [4.78, 5) is 23.7. The van der Waals surface area contributed by atoms with Gasteiger partial charge in [-0.3, -0.25) is 9.59 Å². The van der Waals surface area contributed by atoms with Crippen molar-refractivity contribution in [2.24, 2.45) is 11.8 Å². The molecule has 2 rings (SSSR count). The average molecular weight is 275 g/mol. The van der Waals surface area contributed by atoms with Crippen LogP contribution in [0.3, 0.4) is 0 Å². The van der Waals surface area contributed by atoms with Crippen molar-refractivity contribution >= 4 is 17.4 Å². The van der Waals surface area contributed by atoms with Gasteiger partial charge in [-0.05, 0) is 31.4 Å². The second kappa shape index (κ2) is 6.46. The van der Waals surface area contributed by atoms with Gasteiger partial charge in [0.2, 0.25) is 5.91 Å². The third-order valence-electron chi connectivity index (χ3n) is 3.63. The van der Waals surface area contributed by atoms with Crippen molar-refractivity contribution in [3.8, 4) is 0 Å². The molecule has 1 aliphatic rings. The third-order valence-corrected chi connectivity index (χ3v) is 3.63. The second-order valence-corrected chi connectivity index (χ2v) is 5.06. The highest BCUT2D eigenvalue weighted by molar-refractivity contribution is 5.94. The van der Waals surface area contributed by atoms with Gasteiger partial charge >= 0.3 is 0 Å². The van der Waals surface area contributed by atoms with Crippen LogP contribution in [0.5, 0.6) is 0 Å². The second-order valence-electron chi connectivity index (χ2n) is 5.06. The van der Waals surface area contributed by atoms with Gasteiger partial charge in [0.1, 0.15) is 11.6 Å². The maximum absolute atomic E-state index is 13.6. The first-order chi connectivity index (χ1) is 9.61. The smallest absolute Gasteiger partial charge is 0.231 e. The van der Waals surface area contributed by atoms with Crippen molar-refractivity contribution in [1.82, 2.24) is 0 Å². The Bertz CT molecular complexity index is 539.